The van der Waals surface area contributed by atoms with E-state index < -0.39 is 5.69 Å². The van der Waals surface area contributed by atoms with Gasteiger partial charge >= 0.3 is 5.69 Å². The van der Waals surface area contributed by atoms with Crippen molar-refractivity contribution < 1.29 is 4.79 Å². The monoisotopic (exact) mass is 387 g/mol. The Hall–Kier alpha value is -2.37. The van der Waals surface area contributed by atoms with Gasteiger partial charge in [0.25, 0.3) is 11.5 Å². The van der Waals surface area contributed by atoms with Gasteiger partial charge in [0.2, 0.25) is 0 Å². The largest absolute Gasteiger partial charge is 0.352 e. The van der Waals surface area contributed by atoms with Crippen LogP contribution >= 0.6 is 0 Å². The fourth-order valence-electron chi connectivity index (χ4n) is 3.40. The molecule has 1 atom stereocenters. The third-order valence-electron chi connectivity index (χ3n) is 5.32. The molecule has 1 aromatic heterocycles. The van der Waals surface area contributed by atoms with Gasteiger partial charge in [-0.15, -0.1) is 0 Å². The number of aromatic amines is 1. The molecule has 0 aliphatic rings. The highest BCUT2D eigenvalue weighted by atomic mass is 16.2. The van der Waals surface area contributed by atoms with E-state index in [1.165, 1.54) is 4.57 Å². The number of fused-ring (bicyclic) bond motifs is 1. The summed E-state index contributed by atoms with van der Waals surface area (Å²) in [5, 5.41) is 3.42. The molecule has 0 bridgehead atoms. The number of aromatic nitrogens is 2. The van der Waals surface area contributed by atoms with Gasteiger partial charge < -0.3 is 10.3 Å². The van der Waals surface area contributed by atoms with E-state index in [4.69, 9.17) is 0 Å². The van der Waals surface area contributed by atoms with Crippen molar-refractivity contribution in [2.75, 3.05) is 6.54 Å². The highest BCUT2D eigenvalue weighted by Crippen LogP contribution is 2.13. The molecular formula is C22H33N3O3. The first-order valence-corrected chi connectivity index (χ1v) is 10.6. The number of nitrogens with zero attached hydrogens (tertiary/aromatic N) is 1. The van der Waals surface area contributed by atoms with Gasteiger partial charge in [0.15, 0.2) is 0 Å². The maximum absolute atomic E-state index is 12.6. The lowest BCUT2D eigenvalue weighted by Gasteiger charge is -2.15. The number of nitrogens with one attached hydrogen (secondary N) is 2. The molecule has 0 spiro atoms. The zero-order valence-electron chi connectivity index (χ0n) is 17.3. The fourth-order valence-corrected chi connectivity index (χ4v) is 3.40. The first-order valence-electron chi connectivity index (χ1n) is 10.6. The van der Waals surface area contributed by atoms with Crippen LogP contribution in [0.3, 0.4) is 0 Å². The molecule has 1 heterocycles. The van der Waals surface area contributed by atoms with Crippen LogP contribution in [0.2, 0.25) is 0 Å². The van der Waals surface area contributed by atoms with Crippen LogP contribution in [0.5, 0.6) is 0 Å². The molecule has 1 unspecified atom stereocenters. The second-order valence-electron chi connectivity index (χ2n) is 7.48. The van der Waals surface area contributed by atoms with Crippen molar-refractivity contribution in [1.29, 1.82) is 0 Å². The van der Waals surface area contributed by atoms with E-state index in [1.807, 2.05) is 0 Å². The molecule has 0 aliphatic carbocycles. The number of hydrogen-bond donors (Lipinski definition) is 2. The van der Waals surface area contributed by atoms with E-state index in [2.05, 4.69) is 31.1 Å². The van der Waals surface area contributed by atoms with E-state index in [1.54, 1.807) is 18.2 Å². The molecule has 2 N–H and O–H groups in total. The van der Waals surface area contributed by atoms with E-state index in [-0.39, 0.29) is 11.5 Å². The van der Waals surface area contributed by atoms with Crippen molar-refractivity contribution in [3.8, 4) is 0 Å². The molecule has 0 radical (unpaired) electrons. The van der Waals surface area contributed by atoms with Crippen LogP contribution < -0.4 is 16.6 Å². The average Bonchev–Trinajstić information content (AvgIpc) is 2.70. The van der Waals surface area contributed by atoms with Crippen molar-refractivity contribution in [3.05, 3.63) is 44.6 Å². The summed E-state index contributed by atoms with van der Waals surface area (Å²) in [5.74, 6) is 0.296. The minimum atomic E-state index is -0.420. The van der Waals surface area contributed by atoms with Crippen molar-refractivity contribution >= 4 is 16.8 Å². The minimum Gasteiger partial charge on any atom is -0.352 e. The first kappa shape index (κ1) is 21.9. The Bertz CT molecular complexity index is 898. The van der Waals surface area contributed by atoms with Crippen LogP contribution in [0.15, 0.2) is 27.8 Å². The summed E-state index contributed by atoms with van der Waals surface area (Å²) in [6.45, 7) is 7.43. The number of benzene rings is 1. The summed E-state index contributed by atoms with van der Waals surface area (Å²) in [6.07, 6.45) is 7.24. The summed E-state index contributed by atoms with van der Waals surface area (Å²) in [4.78, 5) is 40.2. The Morgan fingerprint density at radius 2 is 1.86 bits per heavy atom. The maximum atomic E-state index is 12.6. The number of H-pyrrole nitrogens is 1. The second-order valence-corrected chi connectivity index (χ2v) is 7.48. The minimum absolute atomic E-state index is 0.176. The van der Waals surface area contributed by atoms with Crippen LogP contribution in [-0.2, 0) is 6.54 Å². The predicted molar refractivity (Wildman–Crippen MR) is 114 cm³/mol. The Morgan fingerprint density at radius 3 is 2.54 bits per heavy atom. The highest BCUT2D eigenvalue weighted by Gasteiger charge is 2.13. The number of amides is 1. The third kappa shape index (κ3) is 5.57. The number of rotatable bonds is 11. The zero-order chi connectivity index (χ0) is 20.5. The number of unbranched alkanes of at least 4 members (excludes halogenated alkanes) is 3. The Morgan fingerprint density at radius 1 is 1.11 bits per heavy atom. The molecule has 6 heteroatoms. The van der Waals surface area contributed by atoms with E-state index in [9.17, 15) is 14.4 Å². The molecule has 1 amide bonds. The third-order valence-corrected chi connectivity index (χ3v) is 5.32. The van der Waals surface area contributed by atoms with Crippen LogP contribution in [0.1, 0.15) is 76.1 Å². The molecule has 1 aromatic carbocycles. The Balaban J connectivity index is 2.17. The Labute approximate surface area is 166 Å². The Kier molecular flexibility index (Phi) is 8.48. The SMILES string of the molecule is CCCCCn1c(=O)[nH]c2cc(C(=O)NCC(CC)CCCC)ccc2c1=O. The average molecular weight is 388 g/mol. The molecule has 28 heavy (non-hydrogen) atoms. The van der Waals surface area contributed by atoms with E-state index in [0.717, 1.165) is 44.9 Å². The summed E-state index contributed by atoms with van der Waals surface area (Å²) in [7, 11) is 0. The van der Waals surface area contributed by atoms with Gasteiger partial charge in [0.1, 0.15) is 0 Å². The zero-order valence-corrected chi connectivity index (χ0v) is 17.3. The summed E-state index contributed by atoms with van der Waals surface area (Å²) >= 11 is 0. The highest BCUT2D eigenvalue weighted by molar-refractivity contribution is 5.97. The first-order chi connectivity index (χ1) is 13.5. The molecule has 0 aliphatic heterocycles. The molecule has 2 rings (SSSR count). The molecule has 6 nitrogen and oxygen atoms in total. The fraction of sp³-hybridized carbons (Fsp3) is 0.591. The van der Waals surface area contributed by atoms with Gasteiger partial charge in [-0.05, 0) is 37.0 Å². The van der Waals surface area contributed by atoms with Crippen molar-refractivity contribution in [2.24, 2.45) is 5.92 Å². The number of carbonyl (C=O) groups excluding carboxylic acids is 1. The molecule has 2 aromatic rings. The topological polar surface area (TPSA) is 84.0 Å². The van der Waals surface area contributed by atoms with E-state index in [0.29, 0.717) is 35.5 Å². The van der Waals surface area contributed by atoms with Gasteiger partial charge in [-0.25, -0.2) is 4.79 Å². The van der Waals surface area contributed by atoms with Crippen LogP contribution in [-0.4, -0.2) is 22.0 Å². The summed E-state index contributed by atoms with van der Waals surface area (Å²) in [6, 6.07) is 4.88. The molecule has 0 saturated carbocycles. The van der Waals surface area contributed by atoms with Crippen LogP contribution in [0.25, 0.3) is 10.9 Å². The second kappa shape index (κ2) is 10.8. The quantitative estimate of drug-likeness (QED) is 0.575. The van der Waals surface area contributed by atoms with Gasteiger partial charge in [0, 0.05) is 18.7 Å². The van der Waals surface area contributed by atoms with Crippen LogP contribution in [0.4, 0.5) is 0 Å². The van der Waals surface area contributed by atoms with Crippen molar-refractivity contribution in [1.82, 2.24) is 14.9 Å². The lowest BCUT2D eigenvalue weighted by molar-refractivity contribution is 0.0946. The number of hydrogen-bond acceptors (Lipinski definition) is 3. The molecular weight excluding hydrogens is 354 g/mol. The lowest BCUT2D eigenvalue weighted by Crippen LogP contribution is -2.35. The van der Waals surface area contributed by atoms with Gasteiger partial charge in [-0.3, -0.25) is 14.2 Å². The van der Waals surface area contributed by atoms with Gasteiger partial charge in [-0.2, -0.15) is 0 Å². The van der Waals surface area contributed by atoms with Crippen LogP contribution in [0, 0.1) is 5.92 Å². The van der Waals surface area contributed by atoms with Crippen molar-refractivity contribution in [2.45, 2.75) is 72.3 Å². The summed E-state index contributed by atoms with van der Waals surface area (Å²) < 4.78 is 1.25. The number of carbonyl (C=O) groups is 1. The molecule has 0 saturated heterocycles. The standard InChI is InChI=1S/C22H33N3O3/c1-4-7-9-13-25-21(27)18-12-11-17(14-19(18)24-22(25)28)20(26)23-15-16(6-3)10-8-5-2/h11-12,14,16H,4-10,13,15H2,1-3H3,(H,23,26)(H,24,28). The smallest absolute Gasteiger partial charge is 0.328 e. The van der Waals surface area contributed by atoms with E-state index >= 15 is 0 Å². The van der Waals surface area contributed by atoms with Gasteiger partial charge in [0.05, 0.1) is 10.9 Å². The normalized spacial score (nSPS) is 12.2. The molecule has 0 fully saturated rings. The lowest BCUT2D eigenvalue weighted by atomic mass is 9.99. The predicted octanol–water partition coefficient (Wildman–Crippen LogP) is 3.83. The summed E-state index contributed by atoms with van der Waals surface area (Å²) in [5.41, 5.74) is 0.147. The van der Waals surface area contributed by atoms with Gasteiger partial charge in [-0.1, -0.05) is 52.9 Å². The molecule has 154 valence electrons. The maximum Gasteiger partial charge on any atom is 0.328 e. The van der Waals surface area contributed by atoms with Crippen molar-refractivity contribution in [3.63, 3.8) is 0 Å².